The Balaban J connectivity index is 1.50. The maximum absolute atomic E-state index is 12.6. The van der Waals surface area contributed by atoms with Gasteiger partial charge >= 0.3 is 0 Å². The first kappa shape index (κ1) is 21.1. The molecule has 2 aromatic carbocycles. The second-order valence-electron chi connectivity index (χ2n) is 6.85. The van der Waals surface area contributed by atoms with E-state index < -0.39 is 34.9 Å². The van der Waals surface area contributed by atoms with Crippen molar-refractivity contribution in [3.05, 3.63) is 68.6 Å². The van der Waals surface area contributed by atoms with Gasteiger partial charge in [0.15, 0.2) is 5.13 Å². The van der Waals surface area contributed by atoms with E-state index in [0.717, 1.165) is 16.5 Å². The summed E-state index contributed by atoms with van der Waals surface area (Å²) in [7, 11) is 1.57. The number of nitrogens with zero attached hydrogens (tertiary/aromatic N) is 3. The molecular weight excluding hydrogens is 436 g/mol. The number of benzene rings is 2. The molecule has 11 heteroatoms. The van der Waals surface area contributed by atoms with Crippen LogP contribution in [0.1, 0.15) is 25.6 Å². The summed E-state index contributed by atoms with van der Waals surface area (Å²) in [6.07, 6.45) is 0. The SMILES string of the molecule is COc1ccc(-c2nc(NC(=O)CN3C(=O)c4cccc([N+](=O)[O-])c4C3=O)sc2C)cc1. The molecule has 10 nitrogen and oxygen atoms in total. The first-order chi connectivity index (χ1) is 15.3. The van der Waals surface area contributed by atoms with Gasteiger partial charge in [-0.05, 0) is 37.3 Å². The number of fused-ring (bicyclic) bond motifs is 1. The molecule has 162 valence electrons. The van der Waals surface area contributed by atoms with E-state index in [1.54, 1.807) is 19.2 Å². The summed E-state index contributed by atoms with van der Waals surface area (Å²) >= 11 is 1.25. The lowest BCUT2D eigenvalue weighted by Crippen LogP contribution is -2.37. The Labute approximate surface area is 185 Å². The highest BCUT2D eigenvalue weighted by molar-refractivity contribution is 7.16. The quantitative estimate of drug-likeness (QED) is 0.345. The Morgan fingerprint density at radius 1 is 1.19 bits per heavy atom. The maximum atomic E-state index is 12.6. The lowest BCUT2D eigenvalue weighted by atomic mass is 10.1. The molecule has 4 rings (SSSR count). The van der Waals surface area contributed by atoms with Crippen molar-refractivity contribution in [1.82, 2.24) is 9.88 Å². The molecule has 0 saturated carbocycles. The van der Waals surface area contributed by atoms with Crippen LogP contribution in [0, 0.1) is 17.0 Å². The monoisotopic (exact) mass is 452 g/mol. The number of carbonyl (C=O) groups excluding carboxylic acids is 3. The van der Waals surface area contributed by atoms with Gasteiger partial charge < -0.3 is 10.1 Å². The van der Waals surface area contributed by atoms with E-state index >= 15 is 0 Å². The summed E-state index contributed by atoms with van der Waals surface area (Å²) in [5.41, 5.74) is 0.659. The number of amides is 3. The van der Waals surface area contributed by atoms with Crippen molar-refractivity contribution in [2.45, 2.75) is 6.92 Å². The van der Waals surface area contributed by atoms with Crippen LogP contribution in [0.3, 0.4) is 0 Å². The number of thiazole rings is 1. The van der Waals surface area contributed by atoms with Crippen LogP contribution in [-0.4, -0.2) is 46.2 Å². The summed E-state index contributed by atoms with van der Waals surface area (Å²) in [6.45, 7) is 1.27. The predicted octanol–water partition coefficient (Wildman–Crippen LogP) is 3.27. The largest absolute Gasteiger partial charge is 0.497 e. The molecular formula is C21H16N4O6S. The van der Waals surface area contributed by atoms with Gasteiger partial charge in [-0.2, -0.15) is 0 Å². The molecule has 0 aliphatic carbocycles. The molecule has 1 aromatic heterocycles. The molecule has 3 aromatic rings. The highest BCUT2D eigenvalue weighted by Gasteiger charge is 2.41. The average Bonchev–Trinajstić information content (AvgIpc) is 3.26. The first-order valence-corrected chi connectivity index (χ1v) is 10.2. The third-order valence-corrected chi connectivity index (χ3v) is 5.77. The minimum absolute atomic E-state index is 0.0936. The highest BCUT2D eigenvalue weighted by Crippen LogP contribution is 2.32. The molecule has 0 bridgehead atoms. The Hall–Kier alpha value is -4.12. The van der Waals surface area contributed by atoms with Crippen LogP contribution in [-0.2, 0) is 4.79 Å². The van der Waals surface area contributed by atoms with Crippen molar-refractivity contribution in [1.29, 1.82) is 0 Å². The molecule has 0 fully saturated rings. The number of anilines is 1. The van der Waals surface area contributed by atoms with Crippen LogP contribution in [0.4, 0.5) is 10.8 Å². The molecule has 0 unspecified atom stereocenters. The fourth-order valence-electron chi connectivity index (χ4n) is 3.38. The first-order valence-electron chi connectivity index (χ1n) is 9.35. The summed E-state index contributed by atoms with van der Waals surface area (Å²) in [4.78, 5) is 54.1. The number of carbonyl (C=O) groups is 3. The number of hydrogen-bond acceptors (Lipinski definition) is 8. The highest BCUT2D eigenvalue weighted by atomic mass is 32.1. The number of aromatic nitrogens is 1. The second kappa shape index (κ2) is 8.19. The normalized spacial score (nSPS) is 12.6. The van der Waals surface area contributed by atoms with E-state index in [1.165, 1.54) is 23.5 Å². The molecule has 2 heterocycles. The minimum Gasteiger partial charge on any atom is -0.497 e. The summed E-state index contributed by atoms with van der Waals surface area (Å²) in [5, 5.41) is 14.1. The van der Waals surface area contributed by atoms with Gasteiger partial charge in [0.05, 0.1) is 23.3 Å². The minimum atomic E-state index is -0.873. The fourth-order valence-corrected chi connectivity index (χ4v) is 4.23. The topological polar surface area (TPSA) is 132 Å². The molecule has 1 aliphatic heterocycles. The Morgan fingerprint density at radius 3 is 2.56 bits per heavy atom. The number of nitrogens with one attached hydrogen (secondary N) is 1. The van der Waals surface area contributed by atoms with Gasteiger partial charge in [0.25, 0.3) is 17.5 Å². The van der Waals surface area contributed by atoms with E-state index in [4.69, 9.17) is 4.74 Å². The Bertz CT molecular complexity index is 1270. The van der Waals surface area contributed by atoms with Crippen LogP contribution in [0.2, 0.25) is 0 Å². The number of aryl methyl sites for hydroxylation is 1. The van der Waals surface area contributed by atoms with E-state index in [1.807, 2.05) is 19.1 Å². The standard InChI is InChI=1S/C21H16N4O6S/c1-11-18(12-6-8-13(31-2)9-7-12)23-21(32-11)22-16(26)10-24-19(27)14-4-3-5-15(25(29)30)17(14)20(24)28/h3-9H,10H2,1-2H3,(H,22,23,26). The number of methoxy groups -OCH3 is 1. The number of ether oxygens (including phenoxy) is 1. The smallest absolute Gasteiger partial charge is 0.282 e. The fraction of sp³-hybridized carbons (Fsp3) is 0.143. The predicted molar refractivity (Wildman–Crippen MR) is 116 cm³/mol. The van der Waals surface area contributed by atoms with E-state index in [-0.39, 0.29) is 11.1 Å². The molecule has 0 spiro atoms. The second-order valence-corrected chi connectivity index (χ2v) is 8.06. The van der Waals surface area contributed by atoms with Crippen molar-refractivity contribution >= 4 is 39.9 Å². The van der Waals surface area contributed by atoms with Crippen molar-refractivity contribution in [3.63, 3.8) is 0 Å². The zero-order valence-electron chi connectivity index (χ0n) is 16.9. The molecule has 0 saturated heterocycles. The van der Waals surface area contributed by atoms with Crippen LogP contribution in [0.25, 0.3) is 11.3 Å². The van der Waals surface area contributed by atoms with Crippen molar-refractivity contribution in [2.24, 2.45) is 0 Å². The van der Waals surface area contributed by atoms with Gasteiger partial charge in [-0.15, -0.1) is 11.3 Å². The van der Waals surface area contributed by atoms with Gasteiger partial charge in [-0.25, -0.2) is 4.98 Å². The number of hydrogen-bond donors (Lipinski definition) is 1. The van der Waals surface area contributed by atoms with Gasteiger partial charge in [0.2, 0.25) is 5.91 Å². The van der Waals surface area contributed by atoms with Crippen molar-refractivity contribution in [2.75, 3.05) is 19.0 Å². The van der Waals surface area contributed by atoms with Gasteiger partial charge in [0, 0.05) is 16.5 Å². The van der Waals surface area contributed by atoms with Crippen molar-refractivity contribution < 1.29 is 24.0 Å². The molecule has 1 aliphatic rings. The van der Waals surface area contributed by atoms with Crippen LogP contribution >= 0.6 is 11.3 Å². The Kier molecular flexibility index (Phi) is 5.41. The third-order valence-electron chi connectivity index (χ3n) is 4.88. The zero-order valence-corrected chi connectivity index (χ0v) is 17.8. The number of imide groups is 1. The number of nitro benzene ring substituents is 1. The molecule has 1 N–H and O–H groups in total. The van der Waals surface area contributed by atoms with Crippen LogP contribution < -0.4 is 10.1 Å². The van der Waals surface area contributed by atoms with Gasteiger partial charge in [-0.3, -0.25) is 29.4 Å². The lowest BCUT2D eigenvalue weighted by Gasteiger charge is -2.12. The van der Waals surface area contributed by atoms with Crippen molar-refractivity contribution in [3.8, 4) is 17.0 Å². The lowest BCUT2D eigenvalue weighted by molar-refractivity contribution is -0.385. The molecule has 32 heavy (non-hydrogen) atoms. The summed E-state index contributed by atoms with van der Waals surface area (Å²) in [5.74, 6) is -1.56. The zero-order chi connectivity index (χ0) is 23.0. The third kappa shape index (κ3) is 3.69. The summed E-state index contributed by atoms with van der Waals surface area (Å²) < 4.78 is 5.15. The maximum Gasteiger partial charge on any atom is 0.282 e. The van der Waals surface area contributed by atoms with E-state index in [2.05, 4.69) is 10.3 Å². The van der Waals surface area contributed by atoms with E-state index in [0.29, 0.717) is 21.5 Å². The number of nitro groups is 1. The molecule has 0 radical (unpaired) electrons. The molecule has 0 atom stereocenters. The van der Waals surface area contributed by atoms with Gasteiger partial charge in [-0.1, -0.05) is 6.07 Å². The molecule has 3 amide bonds. The summed E-state index contributed by atoms with van der Waals surface area (Å²) in [6, 6.07) is 11.1. The van der Waals surface area contributed by atoms with E-state index in [9.17, 15) is 24.5 Å². The van der Waals surface area contributed by atoms with Crippen LogP contribution in [0.15, 0.2) is 42.5 Å². The Morgan fingerprint density at radius 2 is 1.91 bits per heavy atom. The number of rotatable bonds is 6. The van der Waals surface area contributed by atoms with Crippen LogP contribution in [0.5, 0.6) is 5.75 Å². The van der Waals surface area contributed by atoms with Gasteiger partial charge in [0.1, 0.15) is 17.9 Å². The average molecular weight is 452 g/mol.